The van der Waals surface area contributed by atoms with E-state index in [0.717, 1.165) is 48.9 Å². The normalized spacial score (nSPS) is 11.3. The van der Waals surface area contributed by atoms with E-state index < -0.39 is 0 Å². The maximum Gasteiger partial charge on any atom is 0.271 e. The van der Waals surface area contributed by atoms with Crippen molar-refractivity contribution >= 4 is 46.1 Å². The number of thioether (sulfide) groups is 1. The van der Waals surface area contributed by atoms with Gasteiger partial charge in [0.15, 0.2) is 0 Å². The third kappa shape index (κ3) is 5.67. The molecule has 0 saturated carbocycles. The lowest BCUT2D eigenvalue weighted by Crippen LogP contribution is -2.17. The molecular formula is C31H23N5OS2. The second-order valence-electron chi connectivity index (χ2n) is 8.71. The van der Waals surface area contributed by atoms with Crippen molar-refractivity contribution in [3.8, 4) is 16.3 Å². The van der Waals surface area contributed by atoms with Crippen molar-refractivity contribution in [1.29, 1.82) is 0 Å². The average Bonchev–Trinajstić information content (AvgIpc) is 3.67. The molecule has 0 bridgehead atoms. The summed E-state index contributed by atoms with van der Waals surface area (Å²) in [5.41, 5.74) is 7.92. The minimum atomic E-state index is -0.267. The van der Waals surface area contributed by atoms with Crippen LogP contribution in [0.3, 0.4) is 0 Å². The highest BCUT2D eigenvalue weighted by atomic mass is 32.2. The maximum absolute atomic E-state index is 12.8. The van der Waals surface area contributed by atoms with E-state index in [1.165, 1.54) is 0 Å². The van der Waals surface area contributed by atoms with Crippen molar-refractivity contribution < 1.29 is 4.79 Å². The summed E-state index contributed by atoms with van der Waals surface area (Å²) in [6.45, 7) is 0. The Labute approximate surface area is 234 Å². The first-order valence-electron chi connectivity index (χ1n) is 12.3. The molecule has 8 heteroatoms. The molecule has 6 rings (SSSR count). The van der Waals surface area contributed by atoms with E-state index in [-0.39, 0.29) is 5.91 Å². The Bertz CT molecular complexity index is 1740. The second-order valence-corrected chi connectivity index (χ2v) is 10.7. The maximum atomic E-state index is 12.8. The minimum Gasteiger partial charge on any atom is -0.267 e. The molecule has 3 aromatic carbocycles. The Hall–Kier alpha value is -4.53. The first-order valence-corrected chi connectivity index (χ1v) is 14.2. The van der Waals surface area contributed by atoms with Crippen LogP contribution < -0.4 is 5.43 Å². The monoisotopic (exact) mass is 545 g/mol. The lowest BCUT2D eigenvalue weighted by atomic mass is 10.1. The Morgan fingerprint density at radius 1 is 0.949 bits per heavy atom. The summed E-state index contributed by atoms with van der Waals surface area (Å²) in [6, 6.07) is 31.8. The molecule has 3 heterocycles. The van der Waals surface area contributed by atoms with Crippen LogP contribution in [-0.2, 0) is 5.75 Å². The van der Waals surface area contributed by atoms with Gasteiger partial charge in [-0.3, -0.25) is 9.78 Å². The van der Waals surface area contributed by atoms with Gasteiger partial charge in [-0.15, -0.1) is 23.1 Å². The zero-order valence-corrected chi connectivity index (χ0v) is 22.4. The number of para-hydroxylation sites is 2. The van der Waals surface area contributed by atoms with Gasteiger partial charge in [0.25, 0.3) is 5.91 Å². The Morgan fingerprint density at radius 3 is 2.62 bits per heavy atom. The molecular weight excluding hydrogens is 523 g/mol. The van der Waals surface area contributed by atoms with Gasteiger partial charge in [-0.2, -0.15) is 10.2 Å². The molecule has 0 atom stereocenters. The van der Waals surface area contributed by atoms with E-state index >= 15 is 0 Å². The summed E-state index contributed by atoms with van der Waals surface area (Å²) in [6.07, 6.45) is 5.38. The molecule has 6 aromatic rings. The lowest BCUT2D eigenvalue weighted by molar-refractivity contribution is 0.0955. The van der Waals surface area contributed by atoms with Gasteiger partial charge in [0, 0.05) is 39.6 Å². The average molecular weight is 546 g/mol. The van der Waals surface area contributed by atoms with Crippen LogP contribution in [0.4, 0.5) is 0 Å². The van der Waals surface area contributed by atoms with Crippen LogP contribution in [0.1, 0.15) is 21.5 Å². The number of nitrogens with zero attached hydrogens (tertiary/aromatic N) is 4. The number of fused-ring (bicyclic) bond motifs is 1. The van der Waals surface area contributed by atoms with Crippen LogP contribution in [0, 0.1) is 0 Å². The first-order chi connectivity index (χ1) is 19.2. The van der Waals surface area contributed by atoms with Crippen LogP contribution in [0.25, 0.3) is 27.2 Å². The number of benzene rings is 3. The zero-order chi connectivity index (χ0) is 26.4. The fourth-order valence-corrected chi connectivity index (χ4v) is 5.86. The number of carbonyl (C=O) groups excluding carboxylic acids is 1. The van der Waals surface area contributed by atoms with Crippen molar-refractivity contribution in [3.63, 3.8) is 0 Å². The fourth-order valence-electron chi connectivity index (χ4n) is 4.13. The number of thiophene rings is 1. The highest BCUT2D eigenvalue weighted by Crippen LogP contribution is 2.29. The molecule has 3 aromatic heterocycles. The zero-order valence-electron chi connectivity index (χ0n) is 20.8. The van der Waals surface area contributed by atoms with E-state index in [1.54, 1.807) is 29.3 Å². The molecule has 0 aliphatic rings. The van der Waals surface area contributed by atoms with Crippen LogP contribution in [-0.4, -0.2) is 26.9 Å². The van der Waals surface area contributed by atoms with Gasteiger partial charge in [-0.1, -0.05) is 54.6 Å². The highest BCUT2D eigenvalue weighted by Gasteiger charge is 2.12. The van der Waals surface area contributed by atoms with Crippen LogP contribution in [0.15, 0.2) is 125 Å². The number of carbonyl (C=O) groups is 1. The Balaban J connectivity index is 1.12. The van der Waals surface area contributed by atoms with Gasteiger partial charge in [-0.05, 0) is 53.4 Å². The molecule has 6 nitrogen and oxygen atoms in total. The fraction of sp³-hybridized carbons (Fsp3) is 0.0323. The standard InChI is InChI=1S/C31H23N5OS2/c37-31(24-15-13-22(14-16-24)21-39-27-11-4-7-23-8-5-17-32-29(23)27)34-33-19-25-20-36(26-9-2-1-3-10-26)35-30(25)28-12-6-18-38-28/h1-20H,21H2,(H,34,37)/b33-19+. The van der Waals surface area contributed by atoms with Gasteiger partial charge in [0.05, 0.1) is 22.3 Å². The van der Waals surface area contributed by atoms with E-state index in [1.807, 2.05) is 95.3 Å². The largest absolute Gasteiger partial charge is 0.271 e. The van der Waals surface area contributed by atoms with Crippen molar-refractivity contribution in [2.45, 2.75) is 10.6 Å². The SMILES string of the molecule is O=C(N/N=C/c1cn(-c2ccccc2)nc1-c1cccs1)c1ccc(CSc2cccc3cccnc23)cc1. The van der Waals surface area contributed by atoms with Crippen LogP contribution in [0.2, 0.25) is 0 Å². The second kappa shape index (κ2) is 11.5. The number of hydrogen-bond donors (Lipinski definition) is 1. The van der Waals surface area contributed by atoms with Crippen molar-refractivity contribution in [3.05, 3.63) is 132 Å². The highest BCUT2D eigenvalue weighted by molar-refractivity contribution is 7.98. The molecule has 0 spiro atoms. The molecule has 0 saturated heterocycles. The van der Waals surface area contributed by atoms with E-state index in [9.17, 15) is 4.79 Å². The van der Waals surface area contributed by atoms with Gasteiger partial charge in [-0.25, -0.2) is 10.1 Å². The summed E-state index contributed by atoms with van der Waals surface area (Å²) in [7, 11) is 0. The summed E-state index contributed by atoms with van der Waals surface area (Å²) in [5.74, 6) is 0.518. The van der Waals surface area contributed by atoms with Gasteiger partial charge < -0.3 is 0 Å². The molecule has 1 amide bonds. The molecule has 0 aliphatic carbocycles. The molecule has 0 unspecified atom stereocenters. The van der Waals surface area contributed by atoms with E-state index in [0.29, 0.717) is 5.56 Å². The minimum absolute atomic E-state index is 0.267. The Kier molecular flexibility index (Phi) is 7.29. The molecule has 190 valence electrons. The molecule has 0 fully saturated rings. The molecule has 1 N–H and O–H groups in total. The first kappa shape index (κ1) is 24.8. The number of rotatable bonds is 8. The van der Waals surface area contributed by atoms with Crippen molar-refractivity contribution in [2.75, 3.05) is 0 Å². The molecule has 39 heavy (non-hydrogen) atoms. The summed E-state index contributed by atoms with van der Waals surface area (Å²) in [4.78, 5) is 19.5. The van der Waals surface area contributed by atoms with Crippen LogP contribution >= 0.6 is 23.1 Å². The van der Waals surface area contributed by atoms with Gasteiger partial charge >= 0.3 is 0 Å². The van der Waals surface area contributed by atoms with Gasteiger partial charge in [0.2, 0.25) is 0 Å². The Morgan fingerprint density at radius 2 is 1.79 bits per heavy atom. The molecule has 0 radical (unpaired) electrons. The summed E-state index contributed by atoms with van der Waals surface area (Å²) in [5, 5.41) is 12.1. The summed E-state index contributed by atoms with van der Waals surface area (Å²) < 4.78 is 1.82. The predicted molar refractivity (Wildman–Crippen MR) is 160 cm³/mol. The number of aromatic nitrogens is 3. The van der Waals surface area contributed by atoms with E-state index in [4.69, 9.17) is 5.10 Å². The van der Waals surface area contributed by atoms with Crippen molar-refractivity contribution in [1.82, 2.24) is 20.2 Å². The van der Waals surface area contributed by atoms with E-state index in [2.05, 4.69) is 39.8 Å². The number of pyridine rings is 1. The van der Waals surface area contributed by atoms with Gasteiger partial charge in [0.1, 0.15) is 5.69 Å². The van der Waals surface area contributed by atoms with Crippen molar-refractivity contribution in [2.24, 2.45) is 5.10 Å². The quantitative estimate of drug-likeness (QED) is 0.125. The van der Waals surface area contributed by atoms with Crippen LogP contribution in [0.5, 0.6) is 0 Å². The number of nitrogens with one attached hydrogen (secondary N) is 1. The topological polar surface area (TPSA) is 72.2 Å². The third-order valence-electron chi connectivity index (χ3n) is 6.09. The third-order valence-corrected chi connectivity index (χ3v) is 8.09. The number of amides is 1. The number of hydrogen-bond acceptors (Lipinski definition) is 6. The molecule has 0 aliphatic heterocycles. The predicted octanol–water partition coefficient (Wildman–Crippen LogP) is 7.21. The number of hydrazone groups is 1. The lowest BCUT2D eigenvalue weighted by Gasteiger charge is -2.06. The summed E-state index contributed by atoms with van der Waals surface area (Å²) >= 11 is 3.35. The smallest absolute Gasteiger partial charge is 0.267 e.